The van der Waals surface area contributed by atoms with Gasteiger partial charge in [-0.1, -0.05) is 107 Å². The first-order valence-corrected chi connectivity index (χ1v) is 14.5. The van der Waals surface area contributed by atoms with E-state index in [1.165, 1.54) is 64.2 Å². The molecule has 0 bridgehead atoms. The van der Waals surface area contributed by atoms with E-state index in [4.69, 9.17) is 28.2 Å². The molecule has 196 valence electrons. The van der Waals surface area contributed by atoms with Crippen molar-refractivity contribution < 1.29 is 5.11 Å². The van der Waals surface area contributed by atoms with Crippen molar-refractivity contribution in [1.82, 2.24) is 9.88 Å². The molecule has 0 fully saturated rings. The van der Waals surface area contributed by atoms with Gasteiger partial charge in [-0.3, -0.25) is 0 Å². The fourth-order valence-corrected chi connectivity index (χ4v) is 5.14. The topological polar surface area (TPSA) is 36.4 Å². The van der Waals surface area contributed by atoms with Gasteiger partial charge in [-0.2, -0.15) is 0 Å². The molecular weight excluding hydrogens is 487 g/mol. The Bertz CT molecular complexity index is 1040. The summed E-state index contributed by atoms with van der Waals surface area (Å²) in [5.74, 6) is 0. The maximum absolute atomic E-state index is 11.4. The standard InChI is InChI=1S/C31H42Cl2N2O/c1-3-5-7-9-11-19-35(20-12-10-8-6-4-2)23-30(36)28-22-27(33)21-25-15-18-29(34-31(25)28)24-13-16-26(32)17-14-24/h13-18,21-22,30,36H,3-12,19-20,23H2,1-2H3. The largest absolute Gasteiger partial charge is 0.387 e. The number of fused-ring (bicyclic) bond motifs is 1. The lowest BCUT2D eigenvalue weighted by molar-refractivity contribution is 0.111. The smallest absolute Gasteiger partial charge is 0.0938 e. The number of hydrogen-bond acceptors (Lipinski definition) is 3. The summed E-state index contributed by atoms with van der Waals surface area (Å²) in [5, 5.41) is 13.7. The molecule has 2 aromatic carbocycles. The van der Waals surface area contributed by atoms with E-state index < -0.39 is 6.10 Å². The number of hydrogen-bond donors (Lipinski definition) is 1. The van der Waals surface area contributed by atoms with E-state index in [0.29, 0.717) is 16.6 Å². The lowest BCUT2D eigenvalue weighted by atomic mass is 10.0. The fraction of sp³-hybridized carbons (Fsp3) is 0.516. The highest BCUT2D eigenvalue weighted by Crippen LogP contribution is 2.31. The van der Waals surface area contributed by atoms with Crippen LogP contribution in [-0.4, -0.2) is 34.6 Å². The zero-order valence-electron chi connectivity index (χ0n) is 22.0. The van der Waals surface area contributed by atoms with Crippen LogP contribution < -0.4 is 0 Å². The lowest BCUT2D eigenvalue weighted by Gasteiger charge is -2.26. The van der Waals surface area contributed by atoms with E-state index in [-0.39, 0.29) is 0 Å². The SMILES string of the molecule is CCCCCCCN(CCCCCCC)CC(O)c1cc(Cl)cc2ccc(-c3ccc(Cl)cc3)nc12. The number of rotatable bonds is 16. The van der Waals surface area contributed by atoms with Gasteiger partial charge in [-0.25, -0.2) is 4.98 Å². The molecule has 1 heterocycles. The first kappa shape index (κ1) is 28.9. The second-order valence-electron chi connectivity index (χ2n) is 9.91. The molecule has 3 nitrogen and oxygen atoms in total. The van der Waals surface area contributed by atoms with Gasteiger partial charge in [0.25, 0.3) is 0 Å². The zero-order chi connectivity index (χ0) is 25.8. The minimum absolute atomic E-state index is 0.601. The van der Waals surface area contributed by atoms with Crippen LogP contribution in [0.1, 0.15) is 89.7 Å². The number of aromatic nitrogens is 1. The highest BCUT2D eigenvalue weighted by atomic mass is 35.5. The summed E-state index contributed by atoms with van der Waals surface area (Å²) < 4.78 is 0. The molecular formula is C31H42Cl2N2O. The van der Waals surface area contributed by atoms with E-state index in [1.54, 1.807) is 0 Å². The molecule has 0 spiro atoms. The average molecular weight is 530 g/mol. The summed E-state index contributed by atoms with van der Waals surface area (Å²) in [7, 11) is 0. The summed E-state index contributed by atoms with van der Waals surface area (Å²) >= 11 is 12.6. The first-order chi connectivity index (χ1) is 17.5. The van der Waals surface area contributed by atoms with Crippen LogP contribution in [0.2, 0.25) is 10.0 Å². The minimum Gasteiger partial charge on any atom is -0.387 e. The fourth-order valence-electron chi connectivity index (χ4n) is 4.78. The number of halogens is 2. The van der Waals surface area contributed by atoms with E-state index in [9.17, 15) is 5.11 Å². The van der Waals surface area contributed by atoms with Crippen molar-refractivity contribution in [3.8, 4) is 11.3 Å². The summed E-state index contributed by atoms with van der Waals surface area (Å²) in [6, 6.07) is 15.5. The Morgan fingerprint density at radius 2 is 1.36 bits per heavy atom. The summed E-state index contributed by atoms with van der Waals surface area (Å²) in [6.07, 6.45) is 11.9. The van der Waals surface area contributed by atoms with Gasteiger partial charge >= 0.3 is 0 Å². The quantitative estimate of drug-likeness (QED) is 0.188. The molecule has 3 aromatic rings. The van der Waals surface area contributed by atoms with Crippen LogP contribution in [-0.2, 0) is 0 Å². The molecule has 0 radical (unpaired) electrons. The van der Waals surface area contributed by atoms with Gasteiger partial charge < -0.3 is 10.0 Å². The molecule has 0 saturated heterocycles. The van der Waals surface area contributed by atoms with Gasteiger partial charge in [-0.05, 0) is 56.3 Å². The lowest BCUT2D eigenvalue weighted by Crippen LogP contribution is -2.31. The zero-order valence-corrected chi connectivity index (χ0v) is 23.5. The summed E-state index contributed by atoms with van der Waals surface area (Å²) in [6.45, 7) is 7.15. The highest BCUT2D eigenvalue weighted by molar-refractivity contribution is 6.31. The molecule has 0 aliphatic heterocycles. The normalized spacial score (nSPS) is 12.5. The molecule has 0 aliphatic rings. The van der Waals surface area contributed by atoms with Gasteiger partial charge in [0.15, 0.2) is 0 Å². The molecule has 36 heavy (non-hydrogen) atoms. The second kappa shape index (κ2) is 15.6. The van der Waals surface area contributed by atoms with Crippen molar-refractivity contribution in [2.45, 2.75) is 84.2 Å². The van der Waals surface area contributed by atoms with Gasteiger partial charge in [0.2, 0.25) is 0 Å². The van der Waals surface area contributed by atoms with Crippen LogP contribution in [0.4, 0.5) is 0 Å². The van der Waals surface area contributed by atoms with Crippen molar-refractivity contribution >= 4 is 34.1 Å². The predicted molar refractivity (Wildman–Crippen MR) is 156 cm³/mol. The molecule has 0 amide bonds. The van der Waals surface area contributed by atoms with Gasteiger partial charge in [0.1, 0.15) is 0 Å². The third kappa shape index (κ3) is 9.03. The van der Waals surface area contributed by atoms with Gasteiger partial charge in [0.05, 0.1) is 17.3 Å². The van der Waals surface area contributed by atoms with Gasteiger partial charge in [-0.15, -0.1) is 0 Å². The Morgan fingerprint density at radius 1 is 0.750 bits per heavy atom. The van der Waals surface area contributed by atoms with Gasteiger partial charge in [0, 0.05) is 33.1 Å². The molecule has 0 aliphatic carbocycles. The molecule has 1 atom stereocenters. The number of aliphatic hydroxyl groups is 1. The maximum atomic E-state index is 11.4. The first-order valence-electron chi connectivity index (χ1n) is 13.8. The maximum Gasteiger partial charge on any atom is 0.0938 e. The van der Waals surface area contributed by atoms with Crippen molar-refractivity contribution in [2.75, 3.05) is 19.6 Å². The van der Waals surface area contributed by atoms with E-state index in [1.807, 2.05) is 48.5 Å². The van der Waals surface area contributed by atoms with Crippen LogP contribution in [0.15, 0.2) is 48.5 Å². The van der Waals surface area contributed by atoms with Crippen LogP contribution in [0.3, 0.4) is 0 Å². The number of benzene rings is 2. The van der Waals surface area contributed by atoms with Crippen LogP contribution >= 0.6 is 23.2 Å². The van der Waals surface area contributed by atoms with Crippen molar-refractivity contribution in [3.05, 3.63) is 64.1 Å². The summed E-state index contributed by atoms with van der Waals surface area (Å²) in [4.78, 5) is 7.40. The third-order valence-corrected chi connectivity index (χ3v) is 7.34. The number of pyridine rings is 1. The van der Waals surface area contributed by atoms with E-state index >= 15 is 0 Å². The Morgan fingerprint density at radius 3 is 1.97 bits per heavy atom. The van der Waals surface area contributed by atoms with Crippen LogP contribution in [0.25, 0.3) is 22.2 Å². The van der Waals surface area contributed by atoms with Crippen molar-refractivity contribution in [3.63, 3.8) is 0 Å². The Kier molecular flexibility index (Phi) is 12.5. The van der Waals surface area contributed by atoms with E-state index in [0.717, 1.165) is 40.8 Å². The molecule has 3 rings (SSSR count). The number of unbranched alkanes of at least 4 members (excludes halogenated alkanes) is 8. The molecule has 1 unspecified atom stereocenters. The van der Waals surface area contributed by atoms with Crippen LogP contribution in [0.5, 0.6) is 0 Å². The number of nitrogens with zero attached hydrogens (tertiary/aromatic N) is 2. The number of aliphatic hydroxyl groups excluding tert-OH is 1. The third-order valence-electron chi connectivity index (χ3n) is 6.87. The monoisotopic (exact) mass is 528 g/mol. The molecule has 0 saturated carbocycles. The van der Waals surface area contributed by atoms with E-state index in [2.05, 4.69) is 18.7 Å². The van der Waals surface area contributed by atoms with Crippen molar-refractivity contribution in [2.24, 2.45) is 0 Å². The Balaban J connectivity index is 1.78. The summed E-state index contributed by atoms with van der Waals surface area (Å²) in [5.41, 5.74) is 3.47. The van der Waals surface area contributed by atoms with Crippen molar-refractivity contribution in [1.29, 1.82) is 0 Å². The average Bonchev–Trinajstić information content (AvgIpc) is 2.88. The molecule has 1 N–H and O–H groups in total. The minimum atomic E-state index is -0.648. The van der Waals surface area contributed by atoms with Crippen LogP contribution in [0, 0.1) is 0 Å². The molecule has 5 heteroatoms. The highest BCUT2D eigenvalue weighted by Gasteiger charge is 2.18. The Hall–Kier alpha value is -1.65. The second-order valence-corrected chi connectivity index (χ2v) is 10.8. The Labute approximate surface area is 227 Å². The molecule has 1 aromatic heterocycles. The predicted octanol–water partition coefficient (Wildman–Crippen LogP) is 9.48.